The molecule has 1 amide bonds. The van der Waals surface area contributed by atoms with Gasteiger partial charge in [0, 0.05) is 13.0 Å². The summed E-state index contributed by atoms with van der Waals surface area (Å²) in [6, 6.07) is 5.76. The zero-order valence-corrected chi connectivity index (χ0v) is 14.0. The second-order valence-electron chi connectivity index (χ2n) is 5.69. The Bertz CT molecular complexity index is 633. The Hall–Kier alpha value is -1.63. The Balaban J connectivity index is 1.85. The molecule has 21 heavy (non-hydrogen) atoms. The summed E-state index contributed by atoms with van der Waals surface area (Å²) in [4.78, 5) is 11.5. The molecule has 0 aliphatic rings. The summed E-state index contributed by atoms with van der Waals surface area (Å²) in [5, 5.41) is 11.0. The number of fused-ring (bicyclic) bond motifs is 1. The number of alkyl carbamates (subject to hydrolysis) is 1. The number of pyridine rings is 1. The molecule has 6 nitrogen and oxygen atoms in total. The van der Waals surface area contributed by atoms with E-state index in [1.54, 1.807) is 0 Å². The minimum atomic E-state index is -0.474. The van der Waals surface area contributed by atoms with Gasteiger partial charge in [0.15, 0.2) is 5.65 Å². The number of nitrogens with zero attached hydrogens (tertiary/aromatic N) is 3. The Morgan fingerprint density at radius 1 is 1.38 bits per heavy atom. The molecule has 2 aromatic heterocycles. The zero-order valence-electron chi connectivity index (χ0n) is 12.4. The first kappa shape index (κ1) is 15.8. The maximum atomic E-state index is 11.5. The van der Waals surface area contributed by atoms with Crippen molar-refractivity contribution in [2.75, 3.05) is 6.54 Å². The number of carbonyl (C=O) groups is 1. The lowest BCUT2D eigenvalue weighted by atomic mass is 10.2. The molecule has 0 radical (unpaired) electrons. The molecule has 0 aromatic carbocycles. The van der Waals surface area contributed by atoms with Gasteiger partial charge in [0.2, 0.25) is 0 Å². The van der Waals surface area contributed by atoms with Crippen LogP contribution in [0.4, 0.5) is 4.79 Å². The topological polar surface area (TPSA) is 68.5 Å². The van der Waals surface area contributed by atoms with Crippen LogP contribution in [-0.2, 0) is 11.2 Å². The molecule has 0 bridgehead atoms. The van der Waals surface area contributed by atoms with Crippen molar-refractivity contribution in [2.45, 2.75) is 39.2 Å². The average Bonchev–Trinajstić information content (AvgIpc) is 2.77. The summed E-state index contributed by atoms with van der Waals surface area (Å²) in [7, 11) is 0. The van der Waals surface area contributed by atoms with Crippen LogP contribution < -0.4 is 5.32 Å². The van der Waals surface area contributed by atoms with Crippen LogP contribution in [0.5, 0.6) is 0 Å². The summed E-state index contributed by atoms with van der Waals surface area (Å²) >= 11 is 3.49. The molecule has 2 aromatic rings. The zero-order chi connectivity index (χ0) is 15.5. The van der Waals surface area contributed by atoms with E-state index < -0.39 is 11.7 Å². The third-order valence-electron chi connectivity index (χ3n) is 2.69. The van der Waals surface area contributed by atoms with Crippen LogP contribution in [0.1, 0.15) is 33.0 Å². The van der Waals surface area contributed by atoms with Crippen molar-refractivity contribution in [2.24, 2.45) is 0 Å². The molecule has 0 saturated carbocycles. The van der Waals surface area contributed by atoms with Crippen molar-refractivity contribution in [1.29, 1.82) is 0 Å². The molecule has 1 N–H and O–H groups in total. The standard InChI is InChI=1S/C14H19BrN4O2/c1-14(2,3)21-13(20)16-9-5-8-12-18-17-11-7-4-6-10(15)19(11)12/h4,6-7H,5,8-9H2,1-3H3,(H,16,20). The summed E-state index contributed by atoms with van der Waals surface area (Å²) < 4.78 is 8.04. The molecule has 0 spiro atoms. The second kappa shape index (κ2) is 6.43. The molecule has 2 heterocycles. The van der Waals surface area contributed by atoms with Gasteiger partial charge in [-0.1, -0.05) is 6.07 Å². The predicted octanol–water partition coefficient (Wildman–Crippen LogP) is 2.95. The van der Waals surface area contributed by atoms with Gasteiger partial charge in [-0.3, -0.25) is 4.40 Å². The molecular weight excluding hydrogens is 336 g/mol. The van der Waals surface area contributed by atoms with E-state index in [9.17, 15) is 4.79 Å². The molecule has 2 rings (SSSR count). The fraction of sp³-hybridized carbons (Fsp3) is 0.500. The SMILES string of the molecule is CC(C)(C)OC(=O)NCCCc1nnc2cccc(Br)n12. The summed E-state index contributed by atoms with van der Waals surface area (Å²) in [5.41, 5.74) is 0.331. The van der Waals surface area contributed by atoms with Crippen LogP contribution in [0, 0.1) is 0 Å². The smallest absolute Gasteiger partial charge is 0.407 e. The second-order valence-corrected chi connectivity index (χ2v) is 6.50. The number of hydrogen-bond donors (Lipinski definition) is 1. The quantitative estimate of drug-likeness (QED) is 0.676. The number of halogens is 1. The Morgan fingerprint density at radius 3 is 2.86 bits per heavy atom. The number of rotatable bonds is 4. The van der Waals surface area contributed by atoms with Crippen molar-refractivity contribution < 1.29 is 9.53 Å². The van der Waals surface area contributed by atoms with Crippen LogP contribution in [0.15, 0.2) is 22.8 Å². The van der Waals surface area contributed by atoms with Crippen molar-refractivity contribution >= 4 is 27.7 Å². The molecule has 0 saturated heterocycles. The molecule has 0 fully saturated rings. The van der Waals surface area contributed by atoms with E-state index in [4.69, 9.17) is 4.74 Å². The van der Waals surface area contributed by atoms with E-state index in [0.717, 1.165) is 28.9 Å². The first-order valence-electron chi connectivity index (χ1n) is 6.82. The van der Waals surface area contributed by atoms with E-state index >= 15 is 0 Å². The summed E-state index contributed by atoms with van der Waals surface area (Å²) in [5.74, 6) is 0.864. The predicted molar refractivity (Wildman–Crippen MR) is 83.2 cm³/mol. The van der Waals surface area contributed by atoms with Crippen LogP contribution in [0.3, 0.4) is 0 Å². The lowest BCUT2D eigenvalue weighted by molar-refractivity contribution is 0.0527. The molecule has 0 unspecified atom stereocenters. The van der Waals surface area contributed by atoms with E-state index in [0.29, 0.717) is 6.54 Å². The van der Waals surface area contributed by atoms with Crippen molar-refractivity contribution in [1.82, 2.24) is 19.9 Å². The summed E-state index contributed by atoms with van der Waals surface area (Å²) in [6.07, 6.45) is 1.09. The van der Waals surface area contributed by atoms with Gasteiger partial charge in [-0.2, -0.15) is 0 Å². The van der Waals surface area contributed by atoms with E-state index in [-0.39, 0.29) is 0 Å². The molecule has 114 valence electrons. The summed E-state index contributed by atoms with van der Waals surface area (Å²) in [6.45, 7) is 6.06. The number of aryl methyl sites for hydroxylation is 1. The maximum absolute atomic E-state index is 11.5. The van der Waals surface area contributed by atoms with Gasteiger partial charge in [0.1, 0.15) is 11.4 Å². The van der Waals surface area contributed by atoms with Crippen LogP contribution in [0.2, 0.25) is 0 Å². The highest BCUT2D eigenvalue weighted by Gasteiger charge is 2.15. The monoisotopic (exact) mass is 354 g/mol. The lowest BCUT2D eigenvalue weighted by Crippen LogP contribution is -2.33. The van der Waals surface area contributed by atoms with Gasteiger partial charge in [-0.15, -0.1) is 10.2 Å². The van der Waals surface area contributed by atoms with Crippen molar-refractivity contribution in [3.05, 3.63) is 28.6 Å². The Morgan fingerprint density at radius 2 is 2.14 bits per heavy atom. The van der Waals surface area contributed by atoms with Gasteiger partial charge in [-0.05, 0) is 55.3 Å². The van der Waals surface area contributed by atoms with E-state index in [1.807, 2.05) is 43.4 Å². The van der Waals surface area contributed by atoms with Gasteiger partial charge < -0.3 is 10.1 Å². The fourth-order valence-electron chi connectivity index (χ4n) is 1.87. The number of hydrogen-bond acceptors (Lipinski definition) is 4. The normalized spacial score (nSPS) is 11.6. The molecule has 7 heteroatoms. The molecule has 0 atom stereocenters. The van der Waals surface area contributed by atoms with Gasteiger partial charge >= 0.3 is 6.09 Å². The number of ether oxygens (including phenoxy) is 1. The lowest BCUT2D eigenvalue weighted by Gasteiger charge is -2.19. The molecule has 0 aliphatic carbocycles. The Labute approximate surface area is 132 Å². The average molecular weight is 355 g/mol. The minimum Gasteiger partial charge on any atom is -0.444 e. The van der Waals surface area contributed by atoms with Crippen molar-refractivity contribution in [3.8, 4) is 0 Å². The highest BCUT2D eigenvalue weighted by atomic mass is 79.9. The van der Waals surface area contributed by atoms with Crippen LogP contribution in [0.25, 0.3) is 5.65 Å². The number of carbonyl (C=O) groups excluding carboxylic acids is 1. The van der Waals surface area contributed by atoms with E-state index in [1.165, 1.54) is 0 Å². The van der Waals surface area contributed by atoms with Crippen LogP contribution in [-0.4, -0.2) is 32.8 Å². The van der Waals surface area contributed by atoms with Gasteiger partial charge in [0.05, 0.1) is 4.60 Å². The first-order valence-corrected chi connectivity index (χ1v) is 7.61. The van der Waals surface area contributed by atoms with Crippen LogP contribution >= 0.6 is 15.9 Å². The highest BCUT2D eigenvalue weighted by molar-refractivity contribution is 9.10. The highest BCUT2D eigenvalue weighted by Crippen LogP contribution is 2.15. The fourth-order valence-corrected chi connectivity index (χ4v) is 2.41. The largest absolute Gasteiger partial charge is 0.444 e. The number of nitrogens with one attached hydrogen (secondary N) is 1. The van der Waals surface area contributed by atoms with E-state index in [2.05, 4.69) is 31.4 Å². The minimum absolute atomic E-state index is 0.394. The van der Waals surface area contributed by atoms with Gasteiger partial charge in [-0.25, -0.2) is 4.79 Å². The third kappa shape index (κ3) is 4.42. The number of aromatic nitrogens is 3. The molecular formula is C14H19BrN4O2. The Kier molecular flexibility index (Phi) is 4.82. The first-order chi connectivity index (χ1) is 9.87. The molecule has 0 aliphatic heterocycles. The maximum Gasteiger partial charge on any atom is 0.407 e. The van der Waals surface area contributed by atoms with Crippen molar-refractivity contribution in [3.63, 3.8) is 0 Å². The third-order valence-corrected chi connectivity index (χ3v) is 3.31. The number of amides is 1. The van der Waals surface area contributed by atoms with Gasteiger partial charge in [0.25, 0.3) is 0 Å².